The highest BCUT2D eigenvalue weighted by molar-refractivity contribution is 5.97. The van der Waals surface area contributed by atoms with Crippen molar-refractivity contribution in [3.63, 3.8) is 0 Å². The summed E-state index contributed by atoms with van der Waals surface area (Å²) in [5.41, 5.74) is -3.55. The van der Waals surface area contributed by atoms with Gasteiger partial charge in [-0.3, -0.25) is 19.4 Å². The van der Waals surface area contributed by atoms with Crippen molar-refractivity contribution in [3.05, 3.63) is 65.5 Å². The van der Waals surface area contributed by atoms with Gasteiger partial charge in [-0.25, -0.2) is 8.78 Å². The largest absolute Gasteiger partial charge is 0.390 e. The fourth-order valence-electron chi connectivity index (χ4n) is 4.74. The molecule has 1 unspecified atom stereocenters. The summed E-state index contributed by atoms with van der Waals surface area (Å²) in [6, 6.07) is 4.95. The molecular weight excluding hydrogens is 558 g/mol. The monoisotopic (exact) mass is 604 g/mol. The highest BCUT2D eigenvalue weighted by Crippen LogP contribution is 2.32. The third-order valence-electron chi connectivity index (χ3n) is 7.62. The zero-order valence-electron chi connectivity index (χ0n) is 25.8. The molecule has 0 aliphatic carbocycles. The molecule has 1 heterocycles. The minimum Gasteiger partial charge on any atom is -0.390 e. The van der Waals surface area contributed by atoms with Crippen molar-refractivity contribution in [3.8, 4) is 0 Å². The minimum atomic E-state index is -2.17. The van der Waals surface area contributed by atoms with Gasteiger partial charge >= 0.3 is 0 Å². The maximum absolute atomic E-state index is 14.1. The van der Waals surface area contributed by atoms with Gasteiger partial charge in [-0.2, -0.15) is 0 Å². The summed E-state index contributed by atoms with van der Waals surface area (Å²) in [4.78, 5) is 43.3. The van der Waals surface area contributed by atoms with Gasteiger partial charge in [0.25, 0.3) is 5.91 Å². The fraction of sp³-hybridized carbons (Fsp3) is 0.562. The van der Waals surface area contributed by atoms with Crippen LogP contribution in [0.2, 0.25) is 0 Å². The summed E-state index contributed by atoms with van der Waals surface area (Å²) in [6.07, 6.45) is 4.07. The second-order valence-electron chi connectivity index (χ2n) is 12.0. The number of amides is 3. The molecule has 2 aromatic rings. The normalized spacial score (nSPS) is 15.6. The van der Waals surface area contributed by atoms with Crippen molar-refractivity contribution < 1.29 is 33.4 Å². The molecule has 0 bridgehead atoms. The first-order valence-electron chi connectivity index (χ1n) is 14.8. The van der Waals surface area contributed by atoms with Crippen LogP contribution in [-0.2, 0) is 16.0 Å². The molecule has 0 spiro atoms. The zero-order chi connectivity index (χ0) is 32.2. The van der Waals surface area contributed by atoms with Crippen LogP contribution in [0.5, 0.6) is 0 Å². The van der Waals surface area contributed by atoms with Crippen LogP contribution >= 0.6 is 0 Å². The Morgan fingerprint density at radius 3 is 2.30 bits per heavy atom. The number of nitrogens with zero attached hydrogens (tertiary/aromatic N) is 1. The van der Waals surface area contributed by atoms with Crippen molar-refractivity contribution in [1.29, 1.82) is 0 Å². The number of carbonyl (C=O) groups excluding carboxylic acids is 3. The smallest absolute Gasteiger partial charge is 0.253 e. The number of hydrogen-bond donors (Lipinski definition) is 5. The molecule has 0 saturated heterocycles. The Kier molecular flexibility index (Phi) is 13.7. The van der Waals surface area contributed by atoms with E-state index in [0.29, 0.717) is 19.0 Å². The number of aliphatic hydroxyl groups is 2. The molecule has 0 aliphatic heterocycles. The molecule has 0 radical (unpaired) electrons. The molecule has 43 heavy (non-hydrogen) atoms. The van der Waals surface area contributed by atoms with Gasteiger partial charge in [-0.15, -0.1) is 0 Å². The van der Waals surface area contributed by atoms with Gasteiger partial charge in [0.2, 0.25) is 11.8 Å². The van der Waals surface area contributed by atoms with Crippen molar-refractivity contribution in [2.24, 2.45) is 5.92 Å². The third kappa shape index (κ3) is 11.0. The molecule has 3 amide bonds. The molecule has 2 rings (SSSR count). The van der Waals surface area contributed by atoms with Gasteiger partial charge in [0.15, 0.2) is 0 Å². The summed E-state index contributed by atoms with van der Waals surface area (Å²) in [5.74, 6) is -3.24. The molecular formula is C32H46F2N4O5. The molecule has 1 aromatic heterocycles. The van der Waals surface area contributed by atoms with E-state index in [1.165, 1.54) is 26.2 Å². The highest BCUT2D eigenvalue weighted by atomic mass is 19.1. The van der Waals surface area contributed by atoms with Crippen LogP contribution in [0, 0.1) is 17.6 Å². The van der Waals surface area contributed by atoms with Gasteiger partial charge in [0.05, 0.1) is 23.6 Å². The van der Waals surface area contributed by atoms with E-state index in [4.69, 9.17) is 0 Å². The SMILES string of the molecule is CCCCCCC(NC(=O)c1cccnc1)C(=O)N[C@@](C)(Cc1cc(F)cc(F)c1)[C@@](C)(O)[C@H](O)CC(=O)NCC(C)C. The van der Waals surface area contributed by atoms with Crippen molar-refractivity contribution in [2.45, 2.75) is 103 Å². The topological polar surface area (TPSA) is 141 Å². The van der Waals surface area contributed by atoms with Crippen LogP contribution < -0.4 is 16.0 Å². The van der Waals surface area contributed by atoms with Crippen LogP contribution in [-0.4, -0.2) is 62.7 Å². The summed E-state index contributed by atoms with van der Waals surface area (Å²) >= 11 is 0. The first kappa shape index (κ1) is 35.8. The summed E-state index contributed by atoms with van der Waals surface area (Å²) in [6.45, 7) is 8.91. The van der Waals surface area contributed by atoms with Crippen LogP contribution in [0.3, 0.4) is 0 Å². The first-order valence-corrected chi connectivity index (χ1v) is 14.8. The number of nitrogens with one attached hydrogen (secondary N) is 3. The number of hydrogen-bond acceptors (Lipinski definition) is 6. The van der Waals surface area contributed by atoms with E-state index in [9.17, 15) is 33.4 Å². The van der Waals surface area contributed by atoms with Gasteiger partial charge in [0.1, 0.15) is 23.3 Å². The summed E-state index contributed by atoms with van der Waals surface area (Å²) in [5, 5.41) is 31.0. The van der Waals surface area contributed by atoms with E-state index in [-0.39, 0.29) is 29.9 Å². The zero-order valence-corrected chi connectivity index (χ0v) is 25.8. The van der Waals surface area contributed by atoms with E-state index in [1.54, 1.807) is 12.1 Å². The predicted molar refractivity (Wildman–Crippen MR) is 160 cm³/mol. The van der Waals surface area contributed by atoms with Crippen LogP contribution in [0.4, 0.5) is 8.78 Å². The molecule has 5 N–H and O–H groups in total. The van der Waals surface area contributed by atoms with Gasteiger partial charge in [-0.1, -0.05) is 46.5 Å². The van der Waals surface area contributed by atoms with E-state index >= 15 is 0 Å². The number of benzene rings is 1. The Morgan fingerprint density at radius 2 is 1.72 bits per heavy atom. The highest BCUT2D eigenvalue weighted by Gasteiger charge is 2.50. The number of aromatic nitrogens is 1. The molecule has 238 valence electrons. The third-order valence-corrected chi connectivity index (χ3v) is 7.62. The maximum atomic E-state index is 14.1. The molecule has 1 aromatic carbocycles. The molecule has 0 fully saturated rings. The van der Waals surface area contributed by atoms with E-state index in [1.807, 2.05) is 20.8 Å². The molecule has 11 heteroatoms. The number of rotatable bonds is 17. The fourth-order valence-corrected chi connectivity index (χ4v) is 4.74. The van der Waals surface area contributed by atoms with E-state index < -0.39 is 59.1 Å². The second-order valence-corrected chi connectivity index (χ2v) is 12.0. The Morgan fingerprint density at radius 1 is 1.05 bits per heavy atom. The Balaban J connectivity index is 2.41. The molecule has 0 saturated carbocycles. The first-order chi connectivity index (χ1) is 20.2. The van der Waals surface area contributed by atoms with E-state index in [0.717, 1.165) is 31.4 Å². The van der Waals surface area contributed by atoms with Gasteiger partial charge in [-0.05, 0) is 62.4 Å². The number of pyridine rings is 1. The number of aliphatic hydroxyl groups excluding tert-OH is 1. The minimum absolute atomic E-state index is 0.107. The van der Waals surface area contributed by atoms with Crippen molar-refractivity contribution in [1.82, 2.24) is 20.9 Å². The quantitative estimate of drug-likeness (QED) is 0.174. The Labute approximate surface area is 252 Å². The lowest BCUT2D eigenvalue weighted by molar-refractivity contribution is -0.147. The van der Waals surface area contributed by atoms with Crippen molar-refractivity contribution in [2.75, 3.05) is 6.54 Å². The standard InChI is InChI=1S/C32H46F2N4O5/c1-6-7-8-9-12-26(37-29(41)23-11-10-13-35-20-23)30(42)38-31(4,18-22-14-24(33)16-25(34)15-22)32(5,43)27(39)17-28(40)36-19-21(2)3/h10-11,13-16,20-21,26-27,39,43H,6-9,12,17-19H2,1-5H3,(H,36,40)(H,37,41)(H,38,42)/t26?,27-,31+,32+/m1/s1. The molecule has 4 atom stereocenters. The number of halogens is 2. The van der Waals surface area contributed by atoms with E-state index in [2.05, 4.69) is 20.9 Å². The van der Waals surface area contributed by atoms with Crippen LogP contribution in [0.15, 0.2) is 42.7 Å². The average molecular weight is 605 g/mol. The molecule has 0 aliphatic rings. The van der Waals surface area contributed by atoms with Gasteiger partial charge in [0, 0.05) is 25.0 Å². The van der Waals surface area contributed by atoms with Gasteiger partial charge < -0.3 is 26.2 Å². The van der Waals surface area contributed by atoms with Crippen molar-refractivity contribution >= 4 is 17.7 Å². The number of unbranched alkanes of at least 4 members (excludes halogenated alkanes) is 3. The second kappa shape index (κ2) is 16.4. The average Bonchev–Trinajstić information content (AvgIpc) is 2.93. The Bertz CT molecular complexity index is 1190. The number of carbonyl (C=O) groups is 3. The lowest BCUT2D eigenvalue weighted by Gasteiger charge is -2.46. The van der Waals surface area contributed by atoms with Crippen LogP contribution in [0.25, 0.3) is 0 Å². The summed E-state index contributed by atoms with van der Waals surface area (Å²) < 4.78 is 28.3. The predicted octanol–water partition coefficient (Wildman–Crippen LogP) is 3.82. The molecule has 9 nitrogen and oxygen atoms in total. The van der Waals surface area contributed by atoms with Crippen LogP contribution in [0.1, 0.15) is 89.1 Å². The Hall–Kier alpha value is -3.44. The lowest BCUT2D eigenvalue weighted by Crippen LogP contribution is -2.69. The lowest BCUT2D eigenvalue weighted by atomic mass is 9.73. The summed E-state index contributed by atoms with van der Waals surface area (Å²) in [7, 11) is 0. The maximum Gasteiger partial charge on any atom is 0.253 e.